The smallest absolute Gasteiger partial charge is 0.236 e. The Morgan fingerprint density at radius 2 is 2.14 bits per heavy atom. The number of benzene rings is 1. The van der Waals surface area contributed by atoms with Gasteiger partial charge in [-0.25, -0.2) is 0 Å². The van der Waals surface area contributed by atoms with Gasteiger partial charge in [-0.05, 0) is 38.2 Å². The largest absolute Gasteiger partial charge is 0.497 e. The summed E-state index contributed by atoms with van der Waals surface area (Å²) in [6.07, 6.45) is 1.61. The molecule has 5 heteroatoms. The number of methoxy groups -OCH3 is 1. The lowest BCUT2D eigenvalue weighted by atomic mass is 10.1. The topological polar surface area (TPSA) is 67.6 Å². The van der Waals surface area contributed by atoms with E-state index in [1.54, 1.807) is 7.11 Å². The van der Waals surface area contributed by atoms with Crippen LogP contribution in [0, 0.1) is 0 Å². The fourth-order valence-electron chi connectivity index (χ4n) is 2.22. The van der Waals surface area contributed by atoms with Crippen LogP contribution >= 0.6 is 0 Å². The Balaban J connectivity index is 2.72. The number of carbonyl (C=O) groups is 1. The second-order valence-electron chi connectivity index (χ2n) is 5.40. The summed E-state index contributed by atoms with van der Waals surface area (Å²) in [5, 5.41) is 2.94. The molecule has 21 heavy (non-hydrogen) atoms. The molecule has 1 amide bonds. The van der Waals surface area contributed by atoms with E-state index in [2.05, 4.69) is 10.2 Å². The van der Waals surface area contributed by atoms with E-state index in [0.29, 0.717) is 13.0 Å². The lowest BCUT2D eigenvalue weighted by Gasteiger charge is -2.26. The van der Waals surface area contributed by atoms with Crippen LogP contribution in [-0.4, -0.2) is 44.6 Å². The minimum absolute atomic E-state index is 0.0814. The second-order valence-corrected chi connectivity index (χ2v) is 5.40. The van der Waals surface area contributed by atoms with Gasteiger partial charge in [0.15, 0.2) is 0 Å². The van der Waals surface area contributed by atoms with Crippen LogP contribution in [0.15, 0.2) is 24.3 Å². The van der Waals surface area contributed by atoms with Crippen molar-refractivity contribution in [3.8, 4) is 5.75 Å². The molecule has 0 aliphatic rings. The van der Waals surface area contributed by atoms with Crippen molar-refractivity contribution in [2.24, 2.45) is 5.73 Å². The summed E-state index contributed by atoms with van der Waals surface area (Å²) in [5.41, 5.74) is 6.93. The molecule has 1 aromatic carbocycles. The van der Waals surface area contributed by atoms with Crippen molar-refractivity contribution in [3.63, 3.8) is 0 Å². The zero-order chi connectivity index (χ0) is 15.8. The Labute approximate surface area is 127 Å². The summed E-state index contributed by atoms with van der Waals surface area (Å²) in [5.74, 6) is 0.722. The van der Waals surface area contributed by atoms with Crippen LogP contribution in [0.2, 0.25) is 0 Å². The molecule has 0 aliphatic heterocycles. The fourth-order valence-corrected chi connectivity index (χ4v) is 2.22. The Bertz CT molecular complexity index is 449. The van der Waals surface area contributed by atoms with E-state index < -0.39 is 6.04 Å². The van der Waals surface area contributed by atoms with E-state index in [-0.39, 0.29) is 11.9 Å². The van der Waals surface area contributed by atoms with Gasteiger partial charge in [0.25, 0.3) is 0 Å². The molecule has 2 unspecified atom stereocenters. The van der Waals surface area contributed by atoms with Gasteiger partial charge in [0, 0.05) is 6.54 Å². The summed E-state index contributed by atoms with van der Waals surface area (Å²) in [7, 11) is 5.62. The number of hydrogen-bond donors (Lipinski definition) is 2. The summed E-state index contributed by atoms with van der Waals surface area (Å²) >= 11 is 0. The Kier molecular flexibility index (Phi) is 7.19. The number of nitrogens with one attached hydrogen (secondary N) is 1. The van der Waals surface area contributed by atoms with E-state index in [0.717, 1.165) is 17.7 Å². The molecule has 118 valence electrons. The van der Waals surface area contributed by atoms with E-state index in [4.69, 9.17) is 10.5 Å². The lowest BCUT2D eigenvalue weighted by Crippen LogP contribution is -2.43. The SMILES string of the molecule is CCCC(N)C(=O)NCC(c1cccc(OC)c1)N(C)C. The monoisotopic (exact) mass is 293 g/mol. The number of ether oxygens (including phenoxy) is 1. The summed E-state index contributed by atoms with van der Waals surface area (Å²) < 4.78 is 5.25. The molecule has 0 fully saturated rings. The number of hydrogen-bond acceptors (Lipinski definition) is 4. The lowest BCUT2D eigenvalue weighted by molar-refractivity contribution is -0.122. The molecule has 3 N–H and O–H groups in total. The Morgan fingerprint density at radius 3 is 2.71 bits per heavy atom. The van der Waals surface area contributed by atoms with Crippen LogP contribution < -0.4 is 15.8 Å². The van der Waals surface area contributed by atoms with Crippen molar-refractivity contribution in [1.29, 1.82) is 0 Å². The molecule has 0 heterocycles. The van der Waals surface area contributed by atoms with Gasteiger partial charge < -0.3 is 20.7 Å². The molecular weight excluding hydrogens is 266 g/mol. The van der Waals surface area contributed by atoms with E-state index in [1.165, 1.54) is 0 Å². The van der Waals surface area contributed by atoms with Gasteiger partial charge in [-0.2, -0.15) is 0 Å². The number of nitrogens with zero attached hydrogens (tertiary/aromatic N) is 1. The molecule has 0 bridgehead atoms. The van der Waals surface area contributed by atoms with Crippen LogP contribution in [0.4, 0.5) is 0 Å². The summed E-state index contributed by atoms with van der Waals surface area (Å²) in [6, 6.07) is 7.54. The highest BCUT2D eigenvalue weighted by atomic mass is 16.5. The van der Waals surface area contributed by atoms with Gasteiger partial charge in [0.1, 0.15) is 5.75 Å². The molecule has 0 radical (unpaired) electrons. The van der Waals surface area contributed by atoms with Crippen molar-refractivity contribution in [2.45, 2.75) is 31.8 Å². The van der Waals surface area contributed by atoms with Crippen molar-refractivity contribution in [2.75, 3.05) is 27.7 Å². The van der Waals surface area contributed by atoms with E-state index in [9.17, 15) is 4.79 Å². The summed E-state index contributed by atoms with van der Waals surface area (Å²) in [4.78, 5) is 14.0. The van der Waals surface area contributed by atoms with E-state index in [1.807, 2.05) is 45.3 Å². The first-order valence-electron chi connectivity index (χ1n) is 7.33. The minimum atomic E-state index is -0.428. The molecule has 0 aromatic heterocycles. The molecule has 1 rings (SSSR count). The Hall–Kier alpha value is -1.59. The van der Waals surface area contributed by atoms with Gasteiger partial charge in [0.2, 0.25) is 5.91 Å². The minimum Gasteiger partial charge on any atom is -0.497 e. The van der Waals surface area contributed by atoms with Gasteiger partial charge >= 0.3 is 0 Å². The fraction of sp³-hybridized carbons (Fsp3) is 0.562. The molecule has 0 saturated carbocycles. The number of carbonyl (C=O) groups excluding carboxylic acids is 1. The number of rotatable bonds is 8. The quantitative estimate of drug-likeness (QED) is 0.763. The third-order valence-corrected chi connectivity index (χ3v) is 3.51. The zero-order valence-corrected chi connectivity index (χ0v) is 13.4. The normalized spacial score (nSPS) is 13.8. The number of amides is 1. The maximum atomic E-state index is 11.9. The van der Waals surface area contributed by atoms with E-state index >= 15 is 0 Å². The van der Waals surface area contributed by atoms with Crippen LogP contribution in [0.5, 0.6) is 5.75 Å². The average Bonchev–Trinajstić information content (AvgIpc) is 2.47. The maximum Gasteiger partial charge on any atom is 0.236 e. The van der Waals surface area contributed by atoms with Gasteiger partial charge in [-0.1, -0.05) is 25.5 Å². The molecule has 0 spiro atoms. The highest BCUT2D eigenvalue weighted by Crippen LogP contribution is 2.22. The standard InChI is InChI=1S/C16H27N3O2/c1-5-7-14(17)16(20)18-11-15(19(2)3)12-8-6-9-13(10-12)21-4/h6,8-10,14-15H,5,7,11,17H2,1-4H3,(H,18,20). The molecule has 0 saturated heterocycles. The molecule has 1 aromatic rings. The third kappa shape index (κ3) is 5.36. The van der Waals surface area contributed by atoms with Gasteiger partial charge in [0.05, 0.1) is 19.2 Å². The molecular formula is C16H27N3O2. The maximum absolute atomic E-state index is 11.9. The van der Waals surface area contributed by atoms with Gasteiger partial charge in [-0.3, -0.25) is 4.79 Å². The first-order chi connectivity index (χ1) is 9.99. The van der Waals surface area contributed by atoms with Crippen molar-refractivity contribution >= 4 is 5.91 Å². The van der Waals surface area contributed by atoms with Crippen molar-refractivity contribution in [1.82, 2.24) is 10.2 Å². The Morgan fingerprint density at radius 1 is 1.43 bits per heavy atom. The zero-order valence-electron chi connectivity index (χ0n) is 13.4. The third-order valence-electron chi connectivity index (χ3n) is 3.51. The van der Waals surface area contributed by atoms with Crippen LogP contribution in [-0.2, 0) is 4.79 Å². The van der Waals surface area contributed by atoms with Gasteiger partial charge in [-0.15, -0.1) is 0 Å². The first-order valence-corrected chi connectivity index (χ1v) is 7.33. The molecule has 0 aliphatic carbocycles. The van der Waals surface area contributed by atoms with Crippen LogP contribution in [0.1, 0.15) is 31.4 Å². The van der Waals surface area contributed by atoms with Crippen LogP contribution in [0.25, 0.3) is 0 Å². The predicted octanol–water partition coefficient (Wildman–Crippen LogP) is 1.54. The van der Waals surface area contributed by atoms with Crippen molar-refractivity contribution < 1.29 is 9.53 Å². The predicted molar refractivity (Wildman–Crippen MR) is 85.3 cm³/mol. The van der Waals surface area contributed by atoms with Crippen LogP contribution in [0.3, 0.4) is 0 Å². The first kappa shape index (κ1) is 17.5. The molecule has 2 atom stereocenters. The summed E-state index contributed by atoms with van der Waals surface area (Å²) in [6.45, 7) is 2.54. The van der Waals surface area contributed by atoms with Crippen molar-refractivity contribution in [3.05, 3.63) is 29.8 Å². The highest BCUT2D eigenvalue weighted by Gasteiger charge is 2.18. The number of likely N-dealkylation sites (N-methyl/N-ethyl adjacent to an activating group) is 1. The average molecular weight is 293 g/mol. The molecule has 5 nitrogen and oxygen atoms in total. The number of nitrogens with two attached hydrogens (primary N) is 1. The highest BCUT2D eigenvalue weighted by molar-refractivity contribution is 5.81. The second kappa shape index (κ2) is 8.64.